The van der Waals surface area contributed by atoms with E-state index in [1.165, 1.54) is 16.3 Å². The summed E-state index contributed by atoms with van der Waals surface area (Å²) in [5, 5.41) is 2.56. The molecule has 0 fully saturated rings. The zero-order valence-corrected chi connectivity index (χ0v) is 10.6. The van der Waals surface area contributed by atoms with Crippen molar-refractivity contribution in [2.75, 3.05) is 0 Å². The van der Waals surface area contributed by atoms with Gasteiger partial charge < -0.3 is 0 Å². The molecular formula is C13H13ClNO4+. The van der Waals surface area contributed by atoms with E-state index in [9.17, 15) is 0 Å². The molecule has 0 unspecified atom stereocenters. The predicted molar refractivity (Wildman–Crippen MR) is 63.8 cm³/mol. The fourth-order valence-electron chi connectivity index (χ4n) is 1.78. The molecule has 3 N–H and O–H groups in total. The summed E-state index contributed by atoms with van der Waals surface area (Å²) in [6.45, 7) is 0. The molecule has 0 aliphatic heterocycles. The maximum absolute atomic E-state index is 8.83. The van der Waals surface area contributed by atoms with Gasteiger partial charge in [0.05, 0.1) is 0 Å². The standard InChI is InChI=1S/C13H10N.ClH3O4/c1-2-6-12-10-14-8-4-3-7-13(14)9-11(12)5-1;2-1(3,4)5/h1-10H;2-4H/q+1;. The van der Waals surface area contributed by atoms with E-state index in [1.807, 2.05) is 6.07 Å². The molecule has 0 radical (unpaired) electrons. The summed E-state index contributed by atoms with van der Waals surface area (Å²) in [6.07, 6.45) is 4.23. The number of pyridine rings is 2. The van der Waals surface area contributed by atoms with Crippen molar-refractivity contribution in [2.45, 2.75) is 0 Å². The Morgan fingerprint density at radius 1 is 0.895 bits per heavy atom. The average Bonchev–Trinajstić information content (AvgIpc) is 2.34. The average molecular weight is 283 g/mol. The van der Waals surface area contributed by atoms with E-state index in [-0.39, 0.29) is 0 Å². The Hall–Kier alpha value is -1.76. The summed E-state index contributed by atoms with van der Waals surface area (Å²) < 4.78 is 32.4. The number of aromatic nitrogens is 1. The van der Waals surface area contributed by atoms with Gasteiger partial charge in [0.15, 0.2) is 12.4 Å². The van der Waals surface area contributed by atoms with Crippen LogP contribution in [0.4, 0.5) is 0 Å². The second-order valence-electron chi connectivity index (χ2n) is 3.87. The van der Waals surface area contributed by atoms with E-state index in [4.69, 9.17) is 18.6 Å². The molecule has 0 amide bonds. The largest absolute Gasteiger partial charge is 0.211 e. The second kappa shape index (κ2) is 5.48. The minimum atomic E-state index is -4.19. The van der Waals surface area contributed by atoms with Gasteiger partial charge in [-0.2, -0.15) is 4.40 Å². The van der Waals surface area contributed by atoms with Gasteiger partial charge in [-0.3, -0.25) is 0 Å². The van der Waals surface area contributed by atoms with Crippen molar-refractivity contribution in [3.63, 3.8) is 0 Å². The Bertz CT molecular complexity index is 586. The molecule has 2 aromatic heterocycles. The zero-order valence-electron chi connectivity index (χ0n) is 9.85. The summed E-state index contributed by atoms with van der Waals surface area (Å²) >= 11 is 0. The number of fused-ring (bicyclic) bond motifs is 2. The Morgan fingerprint density at radius 2 is 1.47 bits per heavy atom. The van der Waals surface area contributed by atoms with Gasteiger partial charge in [-0.05, 0) is 17.5 Å². The molecule has 100 valence electrons. The molecule has 3 rings (SSSR count). The number of halogens is 1. The van der Waals surface area contributed by atoms with Crippen molar-refractivity contribution < 1.29 is 33.3 Å². The van der Waals surface area contributed by atoms with Crippen molar-refractivity contribution in [3.8, 4) is 0 Å². The monoisotopic (exact) mass is 282 g/mol. The van der Waals surface area contributed by atoms with Crippen LogP contribution in [0.1, 0.15) is 0 Å². The van der Waals surface area contributed by atoms with E-state index in [2.05, 4.69) is 59.3 Å². The van der Waals surface area contributed by atoms with Crippen LogP contribution in [0.5, 0.6) is 0 Å². The van der Waals surface area contributed by atoms with Crippen molar-refractivity contribution in [1.29, 1.82) is 0 Å². The third kappa shape index (κ3) is 4.13. The number of nitrogens with zero attached hydrogens (tertiary/aromatic N) is 1. The molecule has 0 aliphatic rings. The summed E-state index contributed by atoms with van der Waals surface area (Å²) in [5.74, 6) is 0. The van der Waals surface area contributed by atoms with E-state index in [1.54, 1.807) is 0 Å². The Labute approximate surface area is 111 Å². The van der Waals surface area contributed by atoms with Crippen LogP contribution in [-0.2, 0) is 0 Å². The first-order valence-electron chi connectivity index (χ1n) is 5.38. The SMILES string of the molecule is [O-][Cl+](O)(O)O.c1ccc2c[n+]3ccccc3cc2c1. The first-order chi connectivity index (χ1) is 8.93. The van der Waals surface area contributed by atoms with E-state index in [0.29, 0.717) is 0 Å². The second-order valence-corrected chi connectivity index (χ2v) is 4.74. The van der Waals surface area contributed by atoms with Gasteiger partial charge in [-0.25, -0.2) is 0 Å². The minimum Gasteiger partial charge on any atom is -0.167 e. The molecule has 3 aromatic rings. The zero-order chi connectivity index (χ0) is 13.9. The third-order valence-electron chi connectivity index (χ3n) is 2.50. The first-order valence-corrected chi connectivity index (χ1v) is 6.71. The fourth-order valence-corrected chi connectivity index (χ4v) is 1.78. The van der Waals surface area contributed by atoms with Gasteiger partial charge in [0.25, 0.3) is 0 Å². The molecule has 1 aromatic carbocycles. The Balaban J connectivity index is 0.000000232. The number of benzene rings is 1. The molecule has 0 aliphatic carbocycles. The Kier molecular flexibility index (Phi) is 3.94. The van der Waals surface area contributed by atoms with Gasteiger partial charge in [0.1, 0.15) is 0 Å². The summed E-state index contributed by atoms with van der Waals surface area (Å²) in [6, 6.07) is 16.8. The summed E-state index contributed by atoms with van der Waals surface area (Å²) in [7, 11) is -4.19. The fraction of sp³-hybridized carbons (Fsp3) is 0. The van der Waals surface area contributed by atoms with E-state index >= 15 is 0 Å². The van der Waals surface area contributed by atoms with Crippen molar-refractivity contribution >= 4 is 16.3 Å². The summed E-state index contributed by atoms with van der Waals surface area (Å²) in [4.78, 5) is 0. The molecule has 0 atom stereocenters. The molecule has 6 heteroatoms. The maximum atomic E-state index is 8.83. The van der Waals surface area contributed by atoms with Crippen molar-refractivity contribution in [2.24, 2.45) is 0 Å². The number of hydrogen-bond acceptors (Lipinski definition) is 4. The maximum Gasteiger partial charge on any atom is 0.211 e. The van der Waals surface area contributed by atoms with Crippen LogP contribution in [0.2, 0.25) is 0 Å². The van der Waals surface area contributed by atoms with Gasteiger partial charge >= 0.3 is 28.9 Å². The number of hydrogen-bond donors (Lipinski definition) is 3. The Morgan fingerprint density at radius 3 is 2.16 bits per heavy atom. The van der Waals surface area contributed by atoms with Crippen molar-refractivity contribution in [1.82, 2.24) is 0 Å². The molecule has 0 bridgehead atoms. The molecule has 0 spiro atoms. The van der Waals surface area contributed by atoms with Crippen LogP contribution in [0.15, 0.2) is 60.9 Å². The van der Waals surface area contributed by atoms with Gasteiger partial charge in [-0.15, -0.1) is 0 Å². The van der Waals surface area contributed by atoms with Crippen molar-refractivity contribution in [3.05, 3.63) is 60.9 Å². The molecule has 5 nitrogen and oxygen atoms in total. The van der Waals surface area contributed by atoms with E-state index < -0.39 is 10.2 Å². The molecule has 0 saturated heterocycles. The quantitative estimate of drug-likeness (QED) is 0.391. The normalized spacial score (nSPS) is 12.0. The smallest absolute Gasteiger partial charge is 0.167 e. The van der Waals surface area contributed by atoms with Crippen LogP contribution < -0.4 is 9.06 Å². The van der Waals surface area contributed by atoms with Gasteiger partial charge in [-0.1, -0.05) is 18.2 Å². The predicted octanol–water partition coefficient (Wildman–Crippen LogP) is -0.282. The van der Waals surface area contributed by atoms with Crippen LogP contribution in [0.3, 0.4) is 0 Å². The third-order valence-corrected chi connectivity index (χ3v) is 2.50. The van der Waals surface area contributed by atoms with Gasteiger partial charge in [0.2, 0.25) is 5.52 Å². The molecule has 19 heavy (non-hydrogen) atoms. The summed E-state index contributed by atoms with van der Waals surface area (Å²) in [5.41, 5.74) is 1.23. The van der Waals surface area contributed by atoms with E-state index in [0.717, 1.165) is 0 Å². The molecule has 0 saturated carbocycles. The van der Waals surface area contributed by atoms with Crippen LogP contribution in [0.25, 0.3) is 16.3 Å². The molecule has 2 heterocycles. The topological polar surface area (TPSA) is 87.8 Å². The van der Waals surface area contributed by atoms with Crippen LogP contribution in [0, 0.1) is 10.2 Å². The molecular weight excluding hydrogens is 270 g/mol. The van der Waals surface area contributed by atoms with Gasteiger partial charge in [0, 0.05) is 23.6 Å². The van der Waals surface area contributed by atoms with Crippen LogP contribution in [-0.4, -0.2) is 14.0 Å². The minimum absolute atomic E-state index is 1.23. The van der Waals surface area contributed by atoms with Crippen LogP contribution >= 0.6 is 0 Å². The number of rotatable bonds is 0. The first kappa shape index (κ1) is 13.7.